The first-order chi connectivity index (χ1) is 9.95. The number of carbonyl (C=O) groups is 2. The van der Waals surface area contributed by atoms with Crippen LogP contribution in [0.25, 0.3) is 0 Å². The SMILES string of the molecule is COC(=O)C(C)(C)[C@H]1CCCN(C(=O)Cc2ccn[nH]2)C1. The van der Waals surface area contributed by atoms with Crippen LogP contribution in [-0.2, 0) is 20.7 Å². The van der Waals surface area contributed by atoms with Gasteiger partial charge in [-0.15, -0.1) is 0 Å². The van der Waals surface area contributed by atoms with Crippen LogP contribution in [0, 0.1) is 11.3 Å². The van der Waals surface area contributed by atoms with E-state index in [0.717, 1.165) is 25.1 Å². The summed E-state index contributed by atoms with van der Waals surface area (Å²) in [5.74, 6) is -0.00982. The Kier molecular flexibility index (Phi) is 4.65. The lowest BCUT2D eigenvalue weighted by molar-refractivity contribution is -0.156. The van der Waals surface area contributed by atoms with E-state index in [2.05, 4.69) is 10.2 Å². The van der Waals surface area contributed by atoms with Gasteiger partial charge in [0.25, 0.3) is 0 Å². The van der Waals surface area contributed by atoms with E-state index in [4.69, 9.17) is 4.74 Å². The molecule has 0 aliphatic carbocycles. The van der Waals surface area contributed by atoms with Crippen molar-refractivity contribution in [1.29, 1.82) is 0 Å². The largest absolute Gasteiger partial charge is 0.469 e. The number of aromatic nitrogens is 2. The maximum atomic E-state index is 12.3. The van der Waals surface area contributed by atoms with E-state index in [0.29, 0.717) is 13.0 Å². The Morgan fingerprint density at radius 1 is 1.52 bits per heavy atom. The van der Waals surface area contributed by atoms with Gasteiger partial charge in [-0.25, -0.2) is 0 Å². The highest BCUT2D eigenvalue weighted by Gasteiger charge is 2.40. The van der Waals surface area contributed by atoms with Crippen molar-refractivity contribution in [3.8, 4) is 0 Å². The normalized spacial score (nSPS) is 19.4. The van der Waals surface area contributed by atoms with Crippen LogP contribution in [0.3, 0.4) is 0 Å². The third-order valence-corrected chi connectivity index (χ3v) is 4.41. The van der Waals surface area contributed by atoms with Crippen molar-refractivity contribution in [2.75, 3.05) is 20.2 Å². The number of esters is 1. The van der Waals surface area contributed by atoms with Gasteiger partial charge in [0.2, 0.25) is 5.91 Å². The zero-order valence-corrected chi connectivity index (χ0v) is 12.9. The first-order valence-corrected chi connectivity index (χ1v) is 7.29. The summed E-state index contributed by atoms with van der Waals surface area (Å²) in [5.41, 5.74) is 0.246. The Balaban J connectivity index is 2.00. The van der Waals surface area contributed by atoms with Crippen molar-refractivity contribution < 1.29 is 14.3 Å². The van der Waals surface area contributed by atoms with Crippen LogP contribution in [0.15, 0.2) is 12.3 Å². The van der Waals surface area contributed by atoms with Crippen LogP contribution in [-0.4, -0.2) is 47.2 Å². The highest BCUT2D eigenvalue weighted by Crippen LogP contribution is 2.35. The monoisotopic (exact) mass is 293 g/mol. The van der Waals surface area contributed by atoms with Crippen LogP contribution < -0.4 is 0 Å². The fraction of sp³-hybridized carbons (Fsp3) is 0.667. The van der Waals surface area contributed by atoms with E-state index in [1.807, 2.05) is 18.7 Å². The molecule has 1 aliphatic rings. The van der Waals surface area contributed by atoms with E-state index < -0.39 is 5.41 Å². The summed E-state index contributed by atoms with van der Waals surface area (Å²) in [6.07, 6.45) is 3.82. The van der Waals surface area contributed by atoms with E-state index in [1.165, 1.54) is 7.11 Å². The second-order valence-corrected chi connectivity index (χ2v) is 6.15. The minimum absolute atomic E-state index is 0.0737. The fourth-order valence-electron chi connectivity index (χ4n) is 2.88. The Morgan fingerprint density at radius 2 is 2.29 bits per heavy atom. The smallest absolute Gasteiger partial charge is 0.311 e. The molecule has 116 valence electrons. The Hall–Kier alpha value is -1.85. The van der Waals surface area contributed by atoms with Gasteiger partial charge in [0.1, 0.15) is 0 Å². The first-order valence-electron chi connectivity index (χ1n) is 7.29. The summed E-state index contributed by atoms with van der Waals surface area (Å²) in [7, 11) is 1.41. The number of piperidine rings is 1. The van der Waals surface area contributed by atoms with Crippen LogP contribution in [0.4, 0.5) is 0 Å². The number of hydrogen-bond donors (Lipinski definition) is 1. The van der Waals surface area contributed by atoms with Crippen molar-refractivity contribution >= 4 is 11.9 Å². The molecule has 1 fully saturated rings. The van der Waals surface area contributed by atoms with Crippen molar-refractivity contribution in [3.63, 3.8) is 0 Å². The van der Waals surface area contributed by atoms with Crippen molar-refractivity contribution in [1.82, 2.24) is 15.1 Å². The molecule has 0 spiro atoms. The fourth-order valence-corrected chi connectivity index (χ4v) is 2.88. The predicted molar refractivity (Wildman–Crippen MR) is 77.4 cm³/mol. The number of hydrogen-bond acceptors (Lipinski definition) is 4. The van der Waals surface area contributed by atoms with Gasteiger partial charge in [-0.1, -0.05) is 0 Å². The molecular formula is C15H23N3O3. The highest BCUT2D eigenvalue weighted by atomic mass is 16.5. The molecular weight excluding hydrogens is 270 g/mol. The molecule has 21 heavy (non-hydrogen) atoms. The van der Waals surface area contributed by atoms with Crippen LogP contribution >= 0.6 is 0 Å². The maximum Gasteiger partial charge on any atom is 0.311 e. The number of H-pyrrole nitrogens is 1. The van der Waals surface area contributed by atoms with Crippen molar-refractivity contribution in [3.05, 3.63) is 18.0 Å². The van der Waals surface area contributed by atoms with Crippen LogP contribution in [0.1, 0.15) is 32.4 Å². The van der Waals surface area contributed by atoms with Gasteiger partial charge in [-0.2, -0.15) is 5.10 Å². The quantitative estimate of drug-likeness (QED) is 0.851. The lowest BCUT2D eigenvalue weighted by atomic mass is 9.74. The average molecular weight is 293 g/mol. The summed E-state index contributed by atoms with van der Waals surface area (Å²) in [4.78, 5) is 26.1. The highest BCUT2D eigenvalue weighted by molar-refractivity contribution is 5.79. The third-order valence-electron chi connectivity index (χ3n) is 4.41. The first kappa shape index (κ1) is 15.5. The summed E-state index contributed by atoms with van der Waals surface area (Å²) >= 11 is 0. The van der Waals surface area contributed by atoms with Crippen LogP contribution in [0.5, 0.6) is 0 Å². The van der Waals surface area contributed by atoms with E-state index in [9.17, 15) is 9.59 Å². The molecule has 0 saturated carbocycles. The molecule has 2 heterocycles. The third kappa shape index (κ3) is 3.43. The second-order valence-electron chi connectivity index (χ2n) is 6.15. The molecule has 0 radical (unpaired) electrons. The van der Waals surface area contributed by atoms with Crippen LogP contribution in [0.2, 0.25) is 0 Å². The molecule has 0 unspecified atom stereocenters. The zero-order valence-electron chi connectivity index (χ0n) is 12.9. The number of ether oxygens (including phenoxy) is 1. The molecule has 1 aromatic heterocycles. The maximum absolute atomic E-state index is 12.3. The molecule has 1 aromatic rings. The van der Waals surface area contributed by atoms with Gasteiger partial charge >= 0.3 is 5.97 Å². The Labute approximate surface area is 124 Å². The summed E-state index contributed by atoms with van der Waals surface area (Å²) in [6, 6.07) is 1.80. The number of nitrogens with zero attached hydrogens (tertiary/aromatic N) is 2. The molecule has 2 rings (SSSR count). The lowest BCUT2D eigenvalue weighted by Crippen LogP contribution is -2.47. The molecule has 1 amide bonds. The van der Waals surface area contributed by atoms with E-state index in [-0.39, 0.29) is 17.8 Å². The van der Waals surface area contributed by atoms with E-state index >= 15 is 0 Å². The molecule has 6 nitrogen and oxygen atoms in total. The molecule has 1 N–H and O–H groups in total. The number of aromatic amines is 1. The van der Waals surface area contributed by atoms with Gasteiger partial charge in [0.15, 0.2) is 0 Å². The summed E-state index contributed by atoms with van der Waals surface area (Å²) in [5, 5.41) is 6.66. The number of rotatable bonds is 4. The number of carbonyl (C=O) groups excluding carboxylic acids is 2. The van der Waals surface area contributed by atoms with Gasteiger partial charge in [-0.05, 0) is 38.7 Å². The topological polar surface area (TPSA) is 75.3 Å². The standard InChI is InChI=1S/C15H23N3O3/c1-15(2,14(20)21-3)11-5-4-8-18(10-11)13(19)9-12-6-7-16-17-12/h6-7,11H,4-5,8-10H2,1-3H3,(H,16,17)/t11-/m0/s1. The molecule has 1 saturated heterocycles. The second kappa shape index (κ2) is 6.28. The zero-order chi connectivity index (χ0) is 15.5. The summed E-state index contributed by atoms with van der Waals surface area (Å²) in [6.45, 7) is 5.15. The minimum Gasteiger partial charge on any atom is -0.469 e. The molecule has 0 aromatic carbocycles. The lowest BCUT2D eigenvalue weighted by Gasteiger charge is -2.39. The number of amides is 1. The molecule has 1 aliphatic heterocycles. The number of nitrogens with one attached hydrogen (secondary N) is 1. The minimum atomic E-state index is -0.568. The predicted octanol–water partition coefficient (Wildman–Crippen LogP) is 1.39. The van der Waals surface area contributed by atoms with Gasteiger partial charge in [0.05, 0.1) is 18.9 Å². The number of likely N-dealkylation sites (tertiary alicyclic amines) is 1. The average Bonchev–Trinajstić information content (AvgIpc) is 2.99. The number of methoxy groups -OCH3 is 1. The molecule has 0 bridgehead atoms. The van der Waals surface area contributed by atoms with Gasteiger partial charge in [-0.3, -0.25) is 14.7 Å². The van der Waals surface area contributed by atoms with Crippen molar-refractivity contribution in [2.24, 2.45) is 11.3 Å². The van der Waals surface area contributed by atoms with Gasteiger partial charge < -0.3 is 9.64 Å². The Bertz CT molecular complexity index is 496. The van der Waals surface area contributed by atoms with Crippen molar-refractivity contribution in [2.45, 2.75) is 33.1 Å². The van der Waals surface area contributed by atoms with E-state index in [1.54, 1.807) is 12.3 Å². The Morgan fingerprint density at radius 3 is 2.90 bits per heavy atom. The van der Waals surface area contributed by atoms with Gasteiger partial charge in [0, 0.05) is 25.0 Å². The molecule has 1 atom stereocenters. The summed E-state index contributed by atoms with van der Waals surface area (Å²) < 4.78 is 4.89. The molecule has 6 heteroatoms.